The first-order chi connectivity index (χ1) is 14.3. The van der Waals surface area contributed by atoms with E-state index < -0.39 is 24.3 Å². The van der Waals surface area contributed by atoms with E-state index in [4.69, 9.17) is 0 Å². The zero-order chi connectivity index (χ0) is 21.0. The van der Waals surface area contributed by atoms with Crippen molar-refractivity contribution in [3.05, 3.63) is 41.1 Å². The van der Waals surface area contributed by atoms with Crippen LogP contribution >= 0.6 is 0 Å². The molecule has 0 radical (unpaired) electrons. The van der Waals surface area contributed by atoms with Gasteiger partial charge in [0.2, 0.25) is 5.95 Å². The van der Waals surface area contributed by atoms with E-state index >= 15 is 0 Å². The summed E-state index contributed by atoms with van der Waals surface area (Å²) in [6, 6.07) is 5.20. The highest BCUT2D eigenvalue weighted by molar-refractivity contribution is 5.80. The molecule has 30 heavy (non-hydrogen) atoms. The summed E-state index contributed by atoms with van der Waals surface area (Å²) in [5, 5.41) is 5.77. The van der Waals surface area contributed by atoms with Crippen LogP contribution < -0.4 is 10.6 Å². The molecule has 1 aromatic carbocycles. The average molecular weight is 421 g/mol. The maximum atomic E-state index is 13.2. The summed E-state index contributed by atoms with van der Waals surface area (Å²) in [7, 11) is 0. The number of hydrogen-bond acceptors (Lipinski definition) is 5. The molecule has 1 amide bonds. The molecule has 0 unspecified atom stereocenters. The van der Waals surface area contributed by atoms with Gasteiger partial charge in [-0.25, -0.2) is 9.37 Å². The number of hydrogen-bond donors (Lipinski definition) is 2. The number of nitrogens with zero attached hydrogens (tertiary/aromatic N) is 3. The highest BCUT2D eigenvalue weighted by Gasteiger charge is 2.46. The van der Waals surface area contributed by atoms with E-state index in [0.717, 1.165) is 43.0 Å². The van der Waals surface area contributed by atoms with Gasteiger partial charge in [0.25, 0.3) is 5.91 Å². The van der Waals surface area contributed by atoms with Gasteiger partial charge in [0.15, 0.2) is 6.67 Å². The van der Waals surface area contributed by atoms with E-state index in [1.165, 1.54) is 0 Å². The summed E-state index contributed by atoms with van der Waals surface area (Å²) < 4.78 is 52.7. The third kappa shape index (κ3) is 3.23. The fourth-order valence-electron chi connectivity index (χ4n) is 4.39. The number of benzene rings is 1. The van der Waals surface area contributed by atoms with Gasteiger partial charge in [0.05, 0.1) is 12.1 Å². The number of halogens is 4. The maximum absolute atomic E-state index is 13.2. The first-order valence-corrected chi connectivity index (χ1v) is 9.84. The fraction of sp³-hybridized carbons (Fsp3) is 0.450. The minimum absolute atomic E-state index is 0.00317. The Hall–Kier alpha value is -2.91. The lowest BCUT2D eigenvalue weighted by atomic mass is 9.91. The van der Waals surface area contributed by atoms with Gasteiger partial charge in [0, 0.05) is 17.9 Å². The van der Waals surface area contributed by atoms with Crippen molar-refractivity contribution in [1.82, 2.24) is 14.9 Å². The van der Waals surface area contributed by atoms with E-state index in [0.29, 0.717) is 5.69 Å². The van der Waals surface area contributed by atoms with Crippen LogP contribution in [-0.2, 0) is 11.0 Å². The van der Waals surface area contributed by atoms with Crippen LogP contribution in [-0.4, -0.2) is 33.5 Å². The maximum Gasteiger partial charge on any atom is 0.421 e. The number of carbonyl (C=O) groups is 1. The predicted molar refractivity (Wildman–Crippen MR) is 101 cm³/mol. The summed E-state index contributed by atoms with van der Waals surface area (Å²) >= 11 is 0. The van der Waals surface area contributed by atoms with Gasteiger partial charge < -0.3 is 15.5 Å². The third-order valence-electron chi connectivity index (χ3n) is 5.86. The molecule has 6 nitrogen and oxygen atoms in total. The lowest BCUT2D eigenvalue weighted by Gasteiger charge is -2.20. The Morgan fingerprint density at radius 2 is 1.87 bits per heavy atom. The number of aromatic nitrogens is 2. The molecule has 10 heteroatoms. The Bertz CT molecular complexity index is 1010. The number of carbonyl (C=O) groups excluding carboxylic acids is 1. The molecule has 0 spiro atoms. The van der Waals surface area contributed by atoms with Crippen LogP contribution in [0.3, 0.4) is 0 Å². The molecule has 3 aliphatic rings. The summed E-state index contributed by atoms with van der Waals surface area (Å²) in [6.07, 6.45) is -0.587. The Morgan fingerprint density at radius 3 is 2.53 bits per heavy atom. The molecule has 2 atom stereocenters. The Morgan fingerprint density at radius 1 is 1.13 bits per heavy atom. The van der Waals surface area contributed by atoms with Crippen LogP contribution in [0.1, 0.15) is 54.5 Å². The normalized spacial score (nSPS) is 22.2. The predicted octanol–water partition coefficient (Wildman–Crippen LogP) is 4.50. The van der Waals surface area contributed by atoms with Gasteiger partial charge in [-0.05, 0) is 48.9 Å². The molecule has 158 valence electrons. The van der Waals surface area contributed by atoms with Crippen molar-refractivity contribution in [2.24, 2.45) is 0 Å². The van der Waals surface area contributed by atoms with Crippen LogP contribution in [0, 0.1) is 0 Å². The van der Waals surface area contributed by atoms with Crippen molar-refractivity contribution in [3.8, 4) is 0 Å². The van der Waals surface area contributed by atoms with Crippen molar-refractivity contribution in [1.29, 1.82) is 0 Å². The summed E-state index contributed by atoms with van der Waals surface area (Å²) in [4.78, 5) is 21.5. The van der Waals surface area contributed by atoms with Crippen molar-refractivity contribution >= 4 is 23.4 Å². The van der Waals surface area contributed by atoms with Gasteiger partial charge in [-0.1, -0.05) is 6.07 Å². The minimum atomic E-state index is -4.55. The monoisotopic (exact) mass is 421 g/mol. The molecule has 2 N–H and O–H groups in total. The van der Waals surface area contributed by atoms with Crippen LogP contribution in [0.25, 0.3) is 0 Å². The van der Waals surface area contributed by atoms with Crippen molar-refractivity contribution in [2.75, 3.05) is 17.3 Å². The molecular weight excluding hydrogens is 402 g/mol. The second kappa shape index (κ2) is 6.82. The van der Waals surface area contributed by atoms with Gasteiger partial charge in [-0.2, -0.15) is 18.2 Å². The first kappa shape index (κ1) is 19.1. The average Bonchev–Trinajstić information content (AvgIpc) is 3.34. The number of rotatable bonds is 5. The lowest BCUT2D eigenvalue weighted by molar-refractivity contribution is -0.137. The second-order valence-electron chi connectivity index (χ2n) is 7.88. The second-order valence-corrected chi connectivity index (χ2v) is 7.88. The van der Waals surface area contributed by atoms with Gasteiger partial charge in [-0.3, -0.25) is 4.79 Å². The Kier molecular flexibility index (Phi) is 4.33. The molecule has 2 aliphatic heterocycles. The van der Waals surface area contributed by atoms with Crippen LogP contribution in [0.2, 0.25) is 0 Å². The van der Waals surface area contributed by atoms with Gasteiger partial charge >= 0.3 is 6.18 Å². The van der Waals surface area contributed by atoms with E-state index in [1.807, 2.05) is 12.1 Å². The SMILES string of the molecule is O=C(CF)N1[C@@H]2CC[C@H]1c1ccc(Nc3ncc(C(F)(F)F)c(NC4CC4)n3)cc12. The molecular formula is C20H19F4N5O. The third-order valence-corrected chi connectivity index (χ3v) is 5.86. The number of amides is 1. The number of nitrogens with one attached hydrogen (secondary N) is 2. The van der Waals surface area contributed by atoms with Crippen molar-refractivity contribution < 1.29 is 22.4 Å². The van der Waals surface area contributed by atoms with E-state index in [2.05, 4.69) is 20.6 Å². The highest BCUT2D eigenvalue weighted by Crippen LogP contribution is 2.53. The van der Waals surface area contributed by atoms with Crippen LogP contribution in [0.15, 0.2) is 24.4 Å². The van der Waals surface area contributed by atoms with Crippen molar-refractivity contribution in [3.63, 3.8) is 0 Å². The molecule has 1 saturated heterocycles. The summed E-state index contributed by atoms with van der Waals surface area (Å²) in [6.45, 7) is -1.03. The standard InChI is InChI=1S/C20H19F4N5O/c21-8-17(30)29-15-5-6-16(29)13-7-11(3-4-12(13)15)27-19-25-9-14(20(22,23)24)18(28-19)26-10-1-2-10/h3-4,7,9-10,15-16H,1-2,5-6,8H2,(H2,25,26,27,28)/t15-,16+/m0/s1. The molecule has 1 aliphatic carbocycles. The first-order valence-electron chi connectivity index (χ1n) is 9.84. The quantitative estimate of drug-likeness (QED) is 0.696. The Labute approximate surface area is 169 Å². The zero-order valence-electron chi connectivity index (χ0n) is 15.8. The lowest BCUT2D eigenvalue weighted by Crippen LogP contribution is -2.29. The van der Waals surface area contributed by atoms with Gasteiger partial charge in [0.1, 0.15) is 11.4 Å². The molecule has 2 aromatic rings. The van der Waals surface area contributed by atoms with Crippen molar-refractivity contribution in [2.45, 2.75) is 50.0 Å². The highest BCUT2D eigenvalue weighted by atomic mass is 19.4. The molecule has 1 saturated carbocycles. The molecule has 5 rings (SSSR count). The summed E-state index contributed by atoms with van der Waals surface area (Å²) in [5.74, 6) is -0.705. The minimum Gasteiger partial charge on any atom is -0.367 e. The molecule has 2 fully saturated rings. The number of anilines is 3. The number of alkyl halides is 4. The van der Waals surface area contributed by atoms with E-state index in [-0.39, 0.29) is 29.9 Å². The number of fused-ring (bicyclic) bond motifs is 5. The summed E-state index contributed by atoms with van der Waals surface area (Å²) in [5.41, 5.74) is 1.63. The van der Waals surface area contributed by atoms with Crippen LogP contribution in [0.4, 0.5) is 35.0 Å². The molecule has 2 bridgehead atoms. The largest absolute Gasteiger partial charge is 0.421 e. The van der Waals surface area contributed by atoms with Crippen LogP contribution in [0.5, 0.6) is 0 Å². The topological polar surface area (TPSA) is 70.2 Å². The molecule has 3 heterocycles. The fourth-order valence-corrected chi connectivity index (χ4v) is 4.39. The van der Waals surface area contributed by atoms with Gasteiger partial charge in [-0.15, -0.1) is 0 Å². The van der Waals surface area contributed by atoms with E-state index in [1.54, 1.807) is 11.0 Å². The molecule has 1 aromatic heterocycles. The Balaban J connectivity index is 1.41. The zero-order valence-corrected chi connectivity index (χ0v) is 15.8. The smallest absolute Gasteiger partial charge is 0.367 e. The van der Waals surface area contributed by atoms with E-state index in [9.17, 15) is 22.4 Å².